The number of esters is 1. The molecule has 0 aromatic heterocycles. The number of amides is 1. The van der Waals surface area contributed by atoms with Gasteiger partial charge in [0.1, 0.15) is 18.4 Å². The van der Waals surface area contributed by atoms with Crippen molar-refractivity contribution in [1.82, 2.24) is 4.90 Å². The average Bonchev–Trinajstić information content (AvgIpc) is 2.40. The molecule has 0 rings (SSSR count). The lowest BCUT2D eigenvalue weighted by atomic mass is 10.1. The molecule has 0 fully saturated rings. The highest BCUT2D eigenvalue weighted by Crippen LogP contribution is 2.06. The van der Waals surface area contributed by atoms with Crippen molar-refractivity contribution in [3.05, 3.63) is 0 Å². The molecule has 0 radical (unpaired) electrons. The van der Waals surface area contributed by atoms with Crippen LogP contribution in [0.15, 0.2) is 0 Å². The van der Waals surface area contributed by atoms with Gasteiger partial charge in [0.25, 0.3) is 0 Å². The molecule has 6 nitrogen and oxygen atoms in total. The minimum atomic E-state index is -0.679. The van der Waals surface area contributed by atoms with E-state index in [1.54, 1.807) is 25.7 Å². The molecule has 0 saturated carbocycles. The zero-order valence-corrected chi connectivity index (χ0v) is 13.7. The first-order valence-corrected chi connectivity index (χ1v) is 7.40. The molecule has 0 heterocycles. The summed E-state index contributed by atoms with van der Waals surface area (Å²) in [5.74, 6) is -0.641. The quantitative estimate of drug-likeness (QED) is 0.641. The Labute approximate surface area is 127 Å². The Bertz CT molecular complexity index is 365. The van der Waals surface area contributed by atoms with Crippen LogP contribution < -0.4 is 5.73 Å². The molecule has 122 valence electrons. The number of hydrogen-bond donors (Lipinski definition) is 1. The number of carbonyl (C=O) groups excluding carboxylic acids is 3. The van der Waals surface area contributed by atoms with E-state index in [0.29, 0.717) is 13.0 Å². The van der Waals surface area contributed by atoms with Gasteiger partial charge in [-0.2, -0.15) is 0 Å². The lowest BCUT2D eigenvalue weighted by molar-refractivity contribution is -0.147. The van der Waals surface area contributed by atoms with Gasteiger partial charge < -0.3 is 15.4 Å². The summed E-state index contributed by atoms with van der Waals surface area (Å²) in [7, 11) is 0. The summed E-state index contributed by atoms with van der Waals surface area (Å²) >= 11 is 0. The zero-order chi connectivity index (χ0) is 16.6. The fourth-order valence-corrected chi connectivity index (χ4v) is 1.62. The molecule has 0 aromatic rings. The van der Waals surface area contributed by atoms with Crippen molar-refractivity contribution in [2.75, 3.05) is 19.7 Å². The summed E-state index contributed by atoms with van der Waals surface area (Å²) in [5.41, 5.74) is 5.39. The van der Waals surface area contributed by atoms with E-state index in [4.69, 9.17) is 10.5 Å². The monoisotopic (exact) mass is 300 g/mol. The van der Waals surface area contributed by atoms with Crippen LogP contribution in [-0.2, 0) is 19.1 Å². The predicted molar refractivity (Wildman–Crippen MR) is 80.5 cm³/mol. The smallest absolute Gasteiger partial charge is 0.322 e. The van der Waals surface area contributed by atoms with Gasteiger partial charge in [0, 0.05) is 24.8 Å². The maximum absolute atomic E-state index is 12.1. The second kappa shape index (κ2) is 9.50. The lowest BCUT2D eigenvalue weighted by Crippen LogP contribution is -2.39. The van der Waals surface area contributed by atoms with Crippen LogP contribution in [0.4, 0.5) is 0 Å². The number of ketones is 1. The van der Waals surface area contributed by atoms with Gasteiger partial charge in [0.2, 0.25) is 5.91 Å². The molecule has 0 aliphatic heterocycles. The summed E-state index contributed by atoms with van der Waals surface area (Å²) in [6.45, 7) is 9.53. The van der Waals surface area contributed by atoms with Crippen molar-refractivity contribution >= 4 is 17.7 Å². The van der Waals surface area contributed by atoms with Gasteiger partial charge in [-0.05, 0) is 6.92 Å². The number of Topliss-reactive ketones (excluding diaryl/α,β-unsaturated/α-hetero) is 1. The number of nitrogens with two attached hydrogens (primary N) is 1. The number of ether oxygens (including phenoxy) is 1. The third kappa shape index (κ3) is 7.80. The SMILES string of the molecule is CC(C)C(=O)CCN(CCOC(=O)[C@H](C)N)C(=O)C(C)C. The zero-order valence-electron chi connectivity index (χ0n) is 13.7. The lowest BCUT2D eigenvalue weighted by Gasteiger charge is -2.24. The Morgan fingerprint density at radius 2 is 1.57 bits per heavy atom. The molecule has 0 aromatic carbocycles. The van der Waals surface area contributed by atoms with E-state index in [1.165, 1.54) is 0 Å². The first kappa shape index (κ1) is 19.6. The van der Waals surface area contributed by atoms with Gasteiger partial charge in [0.05, 0.1) is 6.54 Å². The van der Waals surface area contributed by atoms with Crippen molar-refractivity contribution in [3.63, 3.8) is 0 Å². The van der Waals surface area contributed by atoms with E-state index in [-0.39, 0.29) is 36.7 Å². The molecule has 2 N–H and O–H groups in total. The molecular weight excluding hydrogens is 272 g/mol. The van der Waals surface area contributed by atoms with Gasteiger partial charge in [0.15, 0.2) is 0 Å². The normalized spacial score (nSPS) is 12.4. The molecule has 6 heteroatoms. The highest BCUT2D eigenvalue weighted by atomic mass is 16.5. The molecule has 0 spiro atoms. The third-order valence-corrected chi connectivity index (χ3v) is 3.05. The largest absolute Gasteiger partial charge is 0.463 e. The van der Waals surface area contributed by atoms with Gasteiger partial charge in [-0.25, -0.2) is 0 Å². The van der Waals surface area contributed by atoms with E-state index in [2.05, 4.69) is 0 Å². The van der Waals surface area contributed by atoms with Crippen LogP contribution in [0.3, 0.4) is 0 Å². The maximum Gasteiger partial charge on any atom is 0.322 e. The Morgan fingerprint density at radius 3 is 2.00 bits per heavy atom. The van der Waals surface area contributed by atoms with E-state index < -0.39 is 12.0 Å². The Balaban J connectivity index is 4.44. The minimum Gasteiger partial charge on any atom is -0.463 e. The Hall–Kier alpha value is -1.43. The van der Waals surface area contributed by atoms with Crippen molar-refractivity contribution in [2.45, 2.75) is 47.1 Å². The number of rotatable bonds is 9. The second-order valence-corrected chi connectivity index (χ2v) is 5.81. The van der Waals surface area contributed by atoms with Crippen molar-refractivity contribution < 1.29 is 19.1 Å². The summed E-state index contributed by atoms with van der Waals surface area (Å²) in [4.78, 5) is 36.6. The molecule has 1 amide bonds. The summed E-state index contributed by atoms with van der Waals surface area (Å²) in [5, 5.41) is 0. The molecule has 0 saturated heterocycles. The highest BCUT2D eigenvalue weighted by molar-refractivity contribution is 5.82. The second-order valence-electron chi connectivity index (χ2n) is 5.81. The fraction of sp³-hybridized carbons (Fsp3) is 0.800. The standard InChI is InChI=1S/C15H28N2O4/c1-10(2)13(18)6-7-17(14(19)11(3)4)8-9-21-15(20)12(5)16/h10-12H,6-9,16H2,1-5H3/t12-/m0/s1. The minimum absolute atomic E-state index is 0.0445. The Kier molecular flexibility index (Phi) is 8.85. The van der Waals surface area contributed by atoms with Crippen LogP contribution in [0.2, 0.25) is 0 Å². The van der Waals surface area contributed by atoms with Gasteiger partial charge >= 0.3 is 5.97 Å². The molecule has 0 aliphatic carbocycles. The van der Waals surface area contributed by atoms with Crippen molar-refractivity contribution in [1.29, 1.82) is 0 Å². The first-order valence-electron chi connectivity index (χ1n) is 7.40. The van der Waals surface area contributed by atoms with Crippen LogP contribution in [0.25, 0.3) is 0 Å². The number of carbonyl (C=O) groups is 3. The first-order chi connectivity index (χ1) is 9.66. The van der Waals surface area contributed by atoms with Crippen molar-refractivity contribution in [2.24, 2.45) is 17.6 Å². The fourth-order valence-electron chi connectivity index (χ4n) is 1.62. The molecule has 0 bridgehead atoms. The predicted octanol–water partition coefficient (Wildman–Crippen LogP) is 0.977. The van der Waals surface area contributed by atoms with Gasteiger partial charge in [-0.3, -0.25) is 14.4 Å². The summed E-state index contributed by atoms with van der Waals surface area (Å²) in [6.07, 6.45) is 0.317. The van der Waals surface area contributed by atoms with Crippen LogP contribution >= 0.6 is 0 Å². The average molecular weight is 300 g/mol. The van der Waals surface area contributed by atoms with Gasteiger partial charge in [-0.15, -0.1) is 0 Å². The molecular formula is C15H28N2O4. The van der Waals surface area contributed by atoms with E-state index >= 15 is 0 Å². The van der Waals surface area contributed by atoms with E-state index in [0.717, 1.165) is 0 Å². The molecule has 0 unspecified atom stereocenters. The van der Waals surface area contributed by atoms with Crippen LogP contribution in [0.1, 0.15) is 41.0 Å². The Morgan fingerprint density at radius 1 is 1.00 bits per heavy atom. The van der Waals surface area contributed by atoms with Crippen LogP contribution in [-0.4, -0.2) is 48.3 Å². The number of hydrogen-bond acceptors (Lipinski definition) is 5. The van der Waals surface area contributed by atoms with Gasteiger partial charge in [-0.1, -0.05) is 27.7 Å². The van der Waals surface area contributed by atoms with Crippen LogP contribution in [0.5, 0.6) is 0 Å². The molecule has 21 heavy (non-hydrogen) atoms. The van der Waals surface area contributed by atoms with Crippen LogP contribution in [0, 0.1) is 11.8 Å². The third-order valence-electron chi connectivity index (χ3n) is 3.05. The topological polar surface area (TPSA) is 89.7 Å². The molecule has 0 aliphatic rings. The maximum atomic E-state index is 12.1. The van der Waals surface area contributed by atoms with E-state index in [1.807, 2.05) is 13.8 Å². The number of nitrogens with zero attached hydrogens (tertiary/aromatic N) is 1. The summed E-state index contributed by atoms with van der Waals surface area (Å²) in [6, 6.07) is -0.679. The highest BCUT2D eigenvalue weighted by Gasteiger charge is 2.19. The summed E-state index contributed by atoms with van der Waals surface area (Å²) < 4.78 is 4.98. The van der Waals surface area contributed by atoms with E-state index in [9.17, 15) is 14.4 Å². The van der Waals surface area contributed by atoms with Crippen molar-refractivity contribution in [3.8, 4) is 0 Å². The molecule has 1 atom stereocenters.